The molecule has 0 radical (unpaired) electrons. The van der Waals surface area contributed by atoms with Gasteiger partial charge in [-0.1, -0.05) is 0 Å². The van der Waals surface area contributed by atoms with Gasteiger partial charge in [0.15, 0.2) is 0 Å². The van der Waals surface area contributed by atoms with Crippen LogP contribution in [0.1, 0.15) is 15.9 Å². The largest absolute Gasteiger partial charge is 0.491 e. The highest BCUT2D eigenvalue weighted by Crippen LogP contribution is 2.24. The molecule has 0 fully saturated rings. The first-order valence-corrected chi connectivity index (χ1v) is 9.40. The molecule has 1 N–H and O–H groups in total. The Hall–Kier alpha value is -2.65. The monoisotopic (exact) mass is 397 g/mol. The van der Waals surface area contributed by atoms with Gasteiger partial charge in [-0.15, -0.1) is 0 Å². The van der Waals surface area contributed by atoms with Crippen LogP contribution < -0.4 is 9.46 Å². The Morgan fingerprint density at radius 3 is 2.48 bits per heavy atom. The lowest BCUT2D eigenvalue weighted by molar-refractivity contribution is 0.0595. The molecule has 0 heterocycles. The summed E-state index contributed by atoms with van der Waals surface area (Å²) in [5.74, 6) is -1.17. The van der Waals surface area contributed by atoms with Gasteiger partial charge in [0.2, 0.25) is 0 Å². The maximum atomic E-state index is 13.7. The van der Waals surface area contributed by atoms with Crippen molar-refractivity contribution < 1.29 is 31.8 Å². The lowest BCUT2D eigenvalue weighted by atomic mass is 10.2. The topological polar surface area (TPSA) is 90.9 Å². The second kappa shape index (κ2) is 8.83. The SMILES string of the molecule is COCCOc1ccc(S(=O)(=O)Nc2ccc(F)c(C(=O)OC)c2)cc1C. The van der Waals surface area contributed by atoms with Crippen molar-refractivity contribution in [2.75, 3.05) is 32.2 Å². The fraction of sp³-hybridized carbons (Fsp3) is 0.278. The van der Waals surface area contributed by atoms with Gasteiger partial charge in [0, 0.05) is 12.8 Å². The molecule has 7 nitrogen and oxygen atoms in total. The van der Waals surface area contributed by atoms with Crippen molar-refractivity contribution in [1.82, 2.24) is 0 Å². The predicted molar refractivity (Wildman–Crippen MR) is 97.1 cm³/mol. The molecule has 0 unspecified atom stereocenters. The molecule has 0 bridgehead atoms. The summed E-state index contributed by atoms with van der Waals surface area (Å²) in [7, 11) is -1.28. The highest BCUT2D eigenvalue weighted by atomic mass is 32.2. The first-order valence-electron chi connectivity index (χ1n) is 7.91. The van der Waals surface area contributed by atoms with E-state index in [0.29, 0.717) is 24.5 Å². The van der Waals surface area contributed by atoms with Crippen LogP contribution in [0, 0.1) is 12.7 Å². The number of hydrogen-bond acceptors (Lipinski definition) is 6. The summed E-state index contributed by atoms with van der Waals surface area (Å²) in [4.78, 5) is 11.6. The Kier molecular flexibility index (Phi) is 6.75. The molecule has 0 aliphatic heterocycles. The summed E-state index contributed by atoms with van der Waals surface area (Å²) in [6.45, 7) is 2.47. The van der Waals surface area contributed by atoms with E-state index in [2.05, 4.69) is 9.46 Å². The number of rotatable bonds is 8. The van der Waals surface area contributed by atoms with Crippen LogP contribution in [0.2, 0.25) is 0 Å². The van der Waals surface area contributed by atoms with Gasteiger partial charge < -0.3 is 14.2 Å². The van der Waals surface area contributed by atoms with Crippen molar-refractivity contribution in [2.24, 2.45) is 0 Å². The Bertz CT molecular complexity index is 929. The molecule has 0 saturated heterocycles. The number of carbonyl (C=O) groups excluding carboxylic acids is 1. The quantitative estimate of drug-likeness (QED) is 0.544. The highest BCUT2D eigenvalue weighted by Gasteiger charge is 2.18. The van der Waals surface area contributed by atoms with Gasteiger partial charge in [0.05, 0.1) is 24.2 Å². The number of aryl methyl sites for hydroxylation is 1. The second-order valence-electron chi connectivity index (χ2n) is 5.56. The van der Waals surface area contributed by atoms with Crippen LogP contribution in [-0.4, -0.2) is 41.8 Å². The molecule has 0 aromatic heterocycles. The molecule has 0 amide bonds. The summed E-state index contributed by atoms with van der Waals surface area (Å²) in [5.41, 5.74) is 0.300. The van der Waals surface area contributed by atoms with Crippen LogP contribution in [0.15, 0.2) is 41.3 Å². The molecule has 2 aromatic rings. The fourth-order valence-electron chi connectivity index (χ4n) is 2.26. The Balaban J connectivity index is 2.24. The molecule has 9 heteroatoms. The van der Waals surface area contributed by atoms with Crippen LogP contribution in [0.4, 0.5) is 10.1 Å². The van der Waals surface area contributed by atoms with Gasteiger partial charge in [-0.2, -0.15) is 0 Å². The average molecular weight is 397 g/mol. The number of ether oxygens (including phenoxy) is 3. The minimum absolute atomic E-state index is 0.00281. The van der Waals surface area contributed by atoms with E-state index in [9.17, 15) is 17.6 Å². The predicted octanol–water partition coefficient (Wildman–Crippen LogP) is 2.75. The van der Waals surface area contributed by atoms with E-state index in [1.165, 1.54) is 18.2 Å². The number of halogens is 1. The molecule has 0 saturated carbocycles. The number of methoxy groups -OCH3 is 2. The Labute approximate surface area is 157 Å². The van der Waals surface area contributed by atoms with Crippen molar-refractivity contribution >= 4 is 21.7 Å². The number of benzene rings is 2. The zero-order chi connectivity index (χ0) is 20.0. The fourth-order valence-corrected chi connectivity index (χ4v) is 3.39. The molecule has 2 aromatic carbocycles. The van der Waals surface area contributed by atoms with E-state index < -0.39 is 21.8 Å². The van der Waals surface area contributed by atoms with Crippen LogP contribution in [0.3, 0.4) is 0 Å². The van der Waals surface area contributed by atoms with Crippen molar-refractivity contribution in [3.05, 3.63) is 53.3 Å². The molecule has 0 spiro atoms. The maximum absolute atomic E-state index is 13.7. The third kappa shape index (κ3) is 5.18. The maximum Gasteiger partial charge on any atom is 0.340 e. The first-order chi connectivity index (χ1) is 12.8. The van der Waals surface area contributed by atoms with E-state index in [0.717, 1.165) is 19.2 Å². The van der Waals surface area contributed by atoms with Gasteiger partial charge in [0.1, 0.15) is 18.2 Å². The molecular formula is C18H20FNO6S. The minimum Gasteiger partial charge on any atom is -0.491 e. The van der Waals surface area contributed by atoms with Crippen LogP contribution in [0.25, 0.3) is 0 Å². The normalized spacial score (nSPS) is 11.1. The van der Waals surface area contributed by atoms with Crippen LogP contribution in [-0.2, 0) is 19.5 Å². The van der Waals surface area contributed by atoms with Gasteiger partial charge >= 0.3 is 5.97 Å². The van der Waals surface area contributed by atoms with E-state index in [1.807, 2.05) is 0 Å². The summed E-state index contributed by atoms with van der Waals surface area (Å²) < 4.78 is 56.0. The zero-order valence-electron chi connectivity index (χ0n) is 15.1. The van der Waals surface area contributed by atoms with Gasteiger partial charge in [0.25, 0.3) is 10.0 Å². The number of hydrogen-bond donors (Lipinski definition) is 1. The zero-order valence-corrected chi connectivity index (χ0v) is 15.9. The lowest BCUT2D eigenvalue weighted by Gasteiger charge is -2.12. The van der Waals surface area contributed by atoms with Crippen LogP contribution in [0.5, 0.6) is 5.75 Å². The standard InChI is InChI=1S/C18H20FNO6S/c1-12-10-14(5-7-17(12)26-9-8-24-2)27(22,23)20-13-4-6-16(19)15(11-13)18(21)25-3/h4-7,10-11,20H,8-9H2,1-3H3. The molecule has 27 heavy (non-hydrogen) atoms. The van der Waals surface area contributed by atoms with Crippen molar-refractivity contribution in [3.63, 3.8) is 0 Å². The van der Waals surface area contributed by atoms with Crippen molar-refractivity contribution in [3.8, 4) is 5.75 Å². The molecule has 0 atom stereocenters. The Morgan fingerprint density at radius 1 is 1.11 bits per heavy atom. The summed E-state index contributed by atoms with van der Waals surface area (Å²) in [5, 5.41) is 0. The van der Waals surface area contributed by atoms with Crippen molar-refractivity contribution in [1.29, 1.82) is 0 Å². The smallest absolute Gasteiger partial charge is 0.340 e. The van der Waals surface area contributed by atoms with E-state index in [4.69, 9.17) is 9.47 Å². The summed E-state index contributed by atoms with van der Waals surface area (Å²) >= 11 is 0. The third-order valence-corrected chi connectivity index (χ3v) is 5.00. The van der Waals surface area contributed by atoms with Gasteiger partial charge in [-0.25, -0.2) is 17.6 Å². The number of anilines is 1. The third-order valence-electron chi connectivity index (χ3n) is 3.63. The lowest BCUT2D eigenvalue weighted by Crippen LogP contribution is -2.14. The first kappa shape index (κ1) is 20.7. The number of sulfonamides is 1. The molecule has 2 rings (SSSR count). The summed E-state index contributed by atoms with van der Waals surface area (Å²) in [6, 6.07) is 7.67. The average Bonchev–Trinajstić information content (AvgIpc) is 2.63. The molecular weight excluding hydrogens is 377 g/mol. The van der Waals surface area contributed by atoms with E-state index in [1.54, 1.807) is 20.1 Å². The number of esters is 1. The summed E-state index contributed by atoms with van der Waals surface area (Å²) in [6.07, 6.45) is 0. The van der Waals surface area contributed by atoms with Gasteiger partial charge in [-0.3, -0.25) is 4.72 Å². The number of carbonyl (C=O) groups is 1. The molecule has 146 valence electrons. The van der Waals surface area contributed by atoms with Gasteiger partial charge in [-0.05, 0) is 48.9 Å². The Morgan fingerprint density at radius 2 is 1.85 bits per heavy atom. The van der Waals surface area contributed by atoms with Crippen LogP contribution >= 0.6 is 0 Å². The molecule has 0 aliphatic rings. The van der Waals surface area contributed by atoms with E-state index >= 15 is 0 Å². The minimum atomic E-state index is -3.94. The number of nitrogens with one attached hydrogen (secondary N) is 1. The van der Waals surface area contributed by atoms with E-state index in [-0.39, 0.29) is 16.1 Å². The highest BCUT2D eigenvalue weighted by molar-refractivity contribution is 7.92. The van der Waals surface area contributed by atoms with Crippen molar-refractivity contribution in [2.45, 2.75) is 11.8 Å². The molecule has 0 aliphatic carbocycles. The second-order valence-corrected chi connectivity index (χ2v) is 7.24.